The average Bonchev–Trinajstić information content (AvgIpc) is 3.43. The lowest BCUT2D eigenvalue weighted by atomic mass is 9.64. The van der Waals surface area contributed by atoms with Crippen LogP contribution in [-0.4, -0.2) is 65.0 Å². The summed E-state index contributed by atoms with van der Waals surface area (Å²) in [5.41, 5.74) is 5.97. The minimum Gasteiger partial charge on any atom is -0.380 e. The van der Waals surface area contributed by atoms with Crippen LogP contribution in [-0.2, 0) is 17.5 Å². The van der Waals surface area contributed by atoms with E-state index in [9.17, 15) is 18.0 Å². The molecule has 2 aromatic heterocycles. The minimum absolute atomic E-state index is 0.0231. The van der Waals surface area contributed by atoms with Crippen molar-refractivity contribution in [3.8, 4) is 0 Å². The lowest BCUT2D eigenvalue weighted by Crippen LogP contribution is -2.54. The van der Waals surface area contributed by atoms with Gasteiger partial charge in [0.2, 0.25) is 0 Å². The van der Waals surface area contributed by atoms with Crippen LogP contribution in [0.4, 0.5) is 13.2 Å². The van der Waals surface area contributed by atoms with E-state index in [4.69, 9.17) is 4.74 Å². The van der Waals surface area contributed by atoms with Crippen LogP contribution in [0.3, 0.4) is 0 Å². The largest absolute Gasteiger partial charge is 0.418 e. The number of aromatic nitrogens is 2. The number of pyridine rings is 1. The Morgan fingerprint density at radius 1 is 1.15 bits per heavy atom. The first kappa shape index (κ1) is 27.3. The van der Waals surface area contributed by atoms with Crippen LogP contribution < -0.4 is 16.5 Å². The van der Waals surface area contributed by atoms with Gasteiger partial charge in [0.15, 0.2) is 0 Å². The fraction of sp³-hybridized carbons (Fsp3) is 0.750. The third kappa shape index (κ3) is 5.28. The second-order valence-electron chi connectivity index (χ2n) is 12.6. The summed E-state index contributed by atoms with van der Waals surface area (Å²) in [6, 6.07) is 1.13. The number of hydrogen-bond donors (Lipinski definition) is 2. The number of piperidine rings is 1. The highest BCUT2D eigenvalue weighted by molar-refractivity contribution is 5.56. The summed E-state index contributed by atoms with van der Waals surface area (Å²) in [4.78, 5) is 18.1. The van der Waals surface area contributed by atoms with Gasteiger partial charge in [0, 0.05) is 36.9 Å². The number of likely N-dealkylation sites (tertiary alicyclic amines) is 1. The third-order valence-corrected chi connectivity index (χ3v) is 9.72. The van der Waals surface area contributed by atoms with Crippen LogP contribution in [0.1, 0.15) is 69.0 Å². The van der Waals surface area contributed by atoms with E-state index in [1.807, 2.05) is 0 Å². The summed E-state index contributed by atoms with van der Waals surface area (Å²) in [5.74, 6) is 0.882. The average molecular weight is 551 g/mol. The quantitative estimate of drug-likeness (QED) is 0.571. The number of halogens is 3. The fourth-order valence-electron chi connectivity index (χ4n) is 7.48. The van der Waals surface area contributed by atoms with Gasteiger partial charge in [0.05, 0.1) is 37.1 Å². The molecule has 216 valence electrons. The normalized spacial score (nSPS) is 30.6. The molecule has 8 nitrogen and oxygen atoms in total. The SMILES string of the molecule is C[C@@H]1CCCN(Cc2cc(C(F)(F)F)c3cn(C4CCCC(C5(CC6NNCN6C)COC5)C4)c(=O)n3c2)C1. The fourth-order valence-corrected chi connectivity index (χ4v) is 7.48. The summed E-state index contributed by atoms with van der Waals surface area (Å²) >= 11 is 0. The van der Waals surface area contributed by atoms with Crippen molar-refractivity contribution in [3.63, 3.8) is 0 Å². The predicted octanol–water partition coefficient (Wildman–Crippen LogP) is 3.81. The van der Waals surface area contributed by atoms with E-state index in [0.29, 0.717) is 37.2 Å². The van der Waals surface area contributed by atoms with Crippen molar-refractivity contribution in [1.82, 2.24) is 29.6 Å². The van der Waals surface area contributed by atoms with Gasteiger partial charge in [0.1, 0.15) is 0 Å². The van der Waals surface area contributed by atoms with Crippen molar-refractivity contribution in [3.05, 3.63) is 40.1 Å². The molecule has 11 heteroatoms. The van der Waals surface area contributed by atoms with Crippen LogP contribution in [0.25, 0.3) is 5.52 Å². The molecule has 0 radical (unpaired) electrons. The van der Waals surface area contributed by atoms with Gasteiger partial charge in [0.25, 0.3) is 0 Å². The first-order valence-electron chi connectivity index (χ1n) is 14.4. The molecular weight excluding hydrogens is 509 g/mol. The monoisotopic (exact) mass is 550 g/mol. The second kappa shape index (κ2) is 10.5. The molecule has 4 atom stereocenters. The minimum atomic E-state index is -4.54. The number of hydrogen-bond acceptors (Lipinski definition) is 6. The maximum atomic E-state index is 14.3. The van der Waals surface area contributed by atoms with Gasteiger partial charge < -0.3 is 4.74 Å². The zero-order chi connectivity index (χ0) is 27.4. The Bertz CT molecular complexity index is 1240. The van der Waals surface area contributed by atoms with Gasteiger partial charge in [-0.15, -0.1) is 0 Å². The number of nitrogens with one attached hydrogen (secondary N) is 2. The van der Waals surface area contributed by atoms with Crippen LogP contribution in [0.2, 0.25) is 0 Å². The lowest BCUT2D eigenvalue weighted by molar-refractivity contribution is -0.167. The zero-order valence-electron chi connectivity index (χ0n) is 23.0. The van der Waals surface area contributed by atoms with E-state index in [1.165, 1.54) is 16.7 Å². The highest BCUT2D eigenvalue weighted by atomic mass is 19.4. The molecular formula is C28H41F3N6O2. The van der Waals surface area contributed by atoms with Gasteiger partial charge in [-0.1, -0.05) is 13.3 Å². The molecule has 0 spiro atoms. The van der Waals surface area contributed by atoms with E-state index >= 15 is 0 Å². The lowest BCUT2D eigenvalue weighted by Gasteiger charge is -2.51. The molecule has 4 aliphatic rings. The number of rotatable bonds is 6. The van der Waals surface area contributed by atoms with Crippen molar-refractivity contribution in [1.29, 1.82) is 0 Å². The molecule has 39 heavy (non-hydrogen) atoms. The van der Waals surface area contributed by atoms with E-state index in [1.54, 1.807) is 10.8 Å². The Balaban J connectivity index is 1.29. The first-order valence-corrected chi connectivity index (χ1v) is 14.4. The Morgan fingerprint density at radius 3 is 2.64 bits per heavy atom. The molecule has 3 saturated heterocycles. The Kier molecular flexibility index (Phi) is 7.33. The third-order valence-electron chi connectivity index (χ3n) is 9.72. The zero-order valence-corrected chi connectivity index (χ0v) is 23.0. The summed E-state index contributed by atoms with van der Waals surface area (Å²) < 4.78 is 51.3. The smallest absolute Gasteiger partial charge is 0.380 e. The van der Waals surface area contributed by atoms with Gasteiger partial charge in [-0.25, -0.2) is 15.6 Å². The molecule has 1 aliphatic carbocycles. The molecule has 1 saturated carbocycles. The summed E-state index contributed by atoms with van der Waals surface area (Å²) in [7, 11) is 2.08. The van der Waals surface area contributed by atoms with Gasteiger partial charge in [-0.05, 0) is 75.6 Å². The molecule has 0 amide bonds. The standard InChI is InChI=1S/C28H41F3N6O2/c1-19-5-4-8-35(12-19)13-20-9-23(28(29,30)31)24-15-36(26(38)37(24)14-20)22-7-3-6-21(10-22)27(16-39-17-27)11-25-33-32-18-34(25)2/h9,14-15,19,21-22,25,32-33H,3-8,10-13,16-18H2,1-2H3/t19-,21?,22?,25?/m1/s1. The maximum Gasteiger partial charge on any atom is 0.418 e. The van der Waals surface area contributed by atoms with Crippen LogP contribution in [0.15, 0.2) is 23.3 Å². The highest BCUT2D eigenvalue weighted by Crippen LogP contribution is 2.49. The van der Waals surface area contributed by atoms with Crippen LogP contribution in [0, 0.1) is 17.3 Å². The number of alkyl halides is 3. The van der Waals surface area contributed by atoms with Gasteiger partial charge >= 0.3 is 11.9 Å². The number of imidazole rings is 1. The van der Waals surface area contributed by atoms with Crippen molar-refractivity contribution in [2.75, 3.05) is 40.0 Å². The molecule has 3 aliphatic heterocycles. The van der Waals surface area contributed by atoms with Gasteiger partial charge in [-0.2, -0.15) is 13.2 Å². The first-order chi connectivity index (χ1) is 18.6. The Labute approximate surface area is 227 Å². The maximum absolute atomic E-state index is 14.3. The topological polar surface area (TPSA) is 66.2 Å². The Morgan fingerprint density at radius 2 is 1.97 bits per heavy atom. The summed E-state index contributed by atoms with van der Waals surface area (Å²) in [6.07, 6.45) is 5.50. The molecule has 4 fully saturated rings. The molecule has 0 bridgehead atoms. The van der Waals surface area contributed by atoms with Crippen molar-refractivity contribution in [2.24, 2.45) is 17.3 Å². The predicted molar refractivity (Wildman–Crippen MR) is 142 cm³/mol. The summed E-state index contributed by atoms with van der Waals surface area (Å²) in [5, 5.41) is 0. The second-order valence-corrected chi connectivity index (χ2v) is 12.6. The molecule has 6 rings (SSSR count). The van der Waals surface area contributed by atoms with E-state index in [2.05, 4.69) is 34.6 Å². The Hall–Kier alpha value is -1.92. The molecule has 0 aromatic carbocycles. The summed E-state index contributed by atoms with van der Waals surface area (Å²) in [6.45, 7) is 6.51. The van der Waals surface area contributed by atoms with Crippen molar-refractivity contribution >= 4 is 5.52 Å². The number of nitrogens with zero attached hydrogens (tertiary/aromatic N) is 4. The van der Waals surface area contributed by atoms with E-state index < -0.39 is 11.7 Å². The number of hydrazine groups is 1. The van der Waals surface area contributed by atoms with Crippen molar-refractivity contribution < 1.29 is 17.9 Å². The van der Waals surface area contributed by atoms with Crippen LogP contribution in [0.5, 0.6) is 0 Å². The van der Waals surface area contributed by atoms with Crippen LogP contribution >= 0.6 is 0 Å². The molecule has 2 N–H and O–H groups in total. The molecule has 2 aromatic rings. The van der Waals surface area contributed by atoms with E-state index in [0.717, 1.165) is 64.7 Å². The molecule has 5 heterocycles. The van der Waals surface area contributed by atoms with Gasteiger partial charge in [-0.3, -0.25) is 18.8 Å². The van der Waals surface area contributed by atoms with E-state index in [-0.39, 0.29) is 28.8 Å². The number of fused-ring (bicyclic) bond motifs is 1. The van der Waals surface area contributed by atoms with Crippen molar-refractivity contribution in [2.45, 2.75) is 76.8 Å². The molecule has 3 unspecified atom stereocenters. The highest BCUT2D eigenvalue weighted by Gasteiger charge is 2.49. The number of ether oxygens (including phenoxy) is 1.